The Kier molecular flexibility index (Phi) is 5.41. The van der Waals surface area contributed by atoms with Gasteiger partial charge in [-0.2, -0.15) is 0 Å². The van der Waals surface area contributed by atoms with Crippen LogP contribution in [0.4, 0.5) is 5.69 Å². The number of anilines is 1. The third-order valence-electron chi connectivity index (χ3n) is 6.41. The third kappa shape index (κ3) is 3.88. The Hall–Kier alpha value is -3.60. The first-order valence-corrected chi connectivity index (χ1v) is 11.1. The van der Waals surface area contributed by atoms with Gasteiger partial charge in [-0.3, -0.25) is 34.1 Å². The molecule has 11 heteroatoms. The van der Waals surface area contributed by atoms with E-state index in [4.69, 9.17) is 0 Å². The summed E-state index contributed by atoms with van der Waals surface area (Å²) in [5.74, 6) is -2.06. The number of nitrogens with one attached hydrogen (secondary N) is 2. The number of hydrogen-bond donors (Lipinski definition) is 2. The molecule has 0 radical (unpaired) electrons. The summed E-state index contributed by atoms with van der Waals surface area (Å²) in [6.45, 7) is 2.18. The van der Waals surface area contributed by atoms with E-state index >= 15 is 0 Å². The monoisotopic (exact) mass is 451 g/mol. The molecule has 172 valence electrons. The van der Waals surface area contributed by atoms with E-state index in [2.05, 4.69) is 20.9 Å². The maximum Gasteiger partial charge on any atom is 0.264 e. The molecule has 33 heavy (non-hydrogen) atoms. The molecule has 4 heterocycles. The van der Waals surface area contributed by atoms with Crippen LogP contribution in [0.2, 0.25) is 0 Å². The van der Waals surface area contributed by atoms with Gasteiger partial charge in [0.25, 0.3) is 11.8 Å². The predicted molar refractivity (Wildman–Crippen MR) is 116 cm³/mol. The lowest BCUT2D eigenvalue weighted by Crippen LogP contribution is -2.54. The Balaban J connectivity index is 1.35. The number of carbonyl (C=O) groups excluding carboxylic acids is 4. The van der Waals surface area contributed by atoms with Gasteiger partial charge in [-0.15, -0.1) is 5.10 Å². The minimum absolute atomic E-state index is 0.0859. The van der Waals surface area contributed by atoms with E-state index in [9.17, 15) is 19.2 Å². The average molecular weight is 451 g/mol. The lowest BCUT2D eigenvalue weighted by Gasteiger charge is -2.28. The zero-order valence-corrected chi connectivity index (χ0v) is 18.3. The van der Waals surface area contributed by atoms with Gasteiger partial charge in [0.15, 0.2) is 0 Å². The number of piperidine rings is 1. The van der Waals surface area contributed by atoms with Gasteiger partial charge in [-0.1, -0.05) is 11.3 Å². The molecule has 5 rings (SSSR count). The largest absolute Gasteiger partial charge is 0.368 e. The van der Waals surface area contributed by atoms with Crippen LogP contribution in [0.15, 0.2) is 24.4 Å². The van der Waals surface area contributed by atoms with Crippen LogP contribution in [0.5, 0.6) is 0 Å². The van der Waals surface area contributed by atoms with Crippen molar-refractivity contribution in [2.75, 3.05) is 18.5 Å². The molecule has 2 aromatic rings. The number of imide groups is 2. The highest BCUT2D eigenvalue weighted by atomic mass is 16.2. The van der Waals surface area contributed by atoms with Crippen molar-refractivity contribution in [3.8, 4) is 0 Å². The molecule has 0 aliphatic carbocycles. The van der Waals surface area contributed by atoms with Gasteiger partial charge in [0.05, 0.1) is 36.1 Å². The van der Waals surface area contributed by atoms with Gasteiger partial charge in [0, 0.05) is 19.5 Å². The molecule has 1 aromatic heterocycles. The Labute approximate surface area is 190 Å². The molecule has 2 fully saturated rings. The summed E-state index contributed by atoms with van der Waals surface area (Å²) >= 11 is 0. The molecule has 11 nitrogen and oxygen atoms in total. The van der Waals surface area contributed by atoms with Crippen molar-refractivity contribution in [3.05, 3.63) is 41.2 Å². The van der Waals surface area contributed by atoms with Gasteiger partial charge in [-0.25, -0.2) is 0 Å². The summed E-state index contributed by atoms with van der Waals surface area (Å²) in [7, 11) is 1.82. The van der Waals surface area contributed by atoms with Crippen LogP contribution < -0.4 is 15.5 Å². The molecule has 1 unspecified atom stereocenters. The molecule has 4 amide bonds. The molecule has 0 bridgehead atoms. The van der Waals surface area contributed by atoms with Crippen molar-refractivity contribution in [2.24, 2.45) is 0 Å². The van der Waals surface area contributed by atoms with Crippen molar-refractivity contribution >= 4 is 29.3 Å². The second kappa shape index (κ2) is 8.39. The van der Waals surface area contributed by atoms with E-state index in [0.717, 1.165) is 36.5 Å². The standard InChI is InChI=1S/C22H25N7O4/c1-27(10-14-12-28(26-25-14)11-13-4-3-9-23-13)16-6-2-5-15-19(16)22(33)29(21(15)32)17-7-8-18(30)24-20(17)31/h2,5-6,12-13,17,23H,3-4,7-11H2,1H3,(H,24,30,31)/t13-,17?/m0/s1. The van der Waals surface area contributed by atoms with Crippen LogP contribution in [0.1, 0.15) is 52.1 Å². The topological polar surface area (TPSA) is 130 Å². The minimum Gasteiger partial charge on any atom is -0.368 e. The number of nitrogens with zero attached hydrogens (tertiary/aromatic N) is 5. The maximum absolute atomic E-state index is 13.3. The van der Waals surface area contributed by atoms with E-state index in [-0.39, 0.29) is 24.0 Å². The maximum atomic E-state index is 13.3. The first-order chi connectivity index (χ1) is 15.9. The van der Waals surface area contributed by atoms with E-state index < -0.39 is 29.7 Å². The minimum atomic E-state index is -0.989. The highest BCUT2D eigenvalue weighted by Gasteiger charge is 2.45. The van der Waals surface area contributed by atoms with Crippen LogP contribution in [0.25, 0.3) is 0 Å². The molecule has 0 spiro atoms. The third-order valence-corrected chi connectivity index (χ3v) is 6.41. The summed E-state index contributed by atoms with van der Waals surface area (Å²) in [6, 6.07) is 4.48. The zero-order valence-electron chi connectivity index (χ0n) is 18.3. The lowest BCUT2D eigenvalue weighted by molar-refractivity contribution is -0.136. The van der Waals surface area contributed by atoms with Crippen LogP contribution >= 0.6 is 0 Å². The van der Waals surface area contributed by atoms with Crippen LogP contribution in [0, 0.1) is 0 Å². The number of rotatable bonds is 6. The number of amides is 4. The van der Waals surface area contributed by atoms with E-state index in [1.54, 1.807) is 18.2 Å². The molecule has 3 aliphatic heterocycles. The fraction of sp³-hybridized carbons (Fsp3) is 0.455. The highest BCUT2D eigenvalue weighted by molar-refractivity contribution is 6.25. The quantitative estimate of drug-likeness (QED) is 0.590. The number of aromatic nitrogens is 3. The molecular weight excluding hydrogens is 426 g/mol. The summed E-state index contributed by atoms with van der Waals surface area (Å²) in [6.07, 6.45) is 4.38. The fourth-order valence-corrected chi connectivity index (χ4v) is 4.78. The van der Waals surface area contributed by atoms with Gasteiger partial charge in [0.1, 0.15) is 11.7 Å². The van der Waals surface area contributed by atoms with Gasteiger partial charge in [0.2, 0.25) is 11.8 Å². The van der Waals surface area contributed by atoms with Crippen LogP contribution in [0.3, 0.4) is 0 Å². The van der Waals surface area contributed by atoms with Crippen molar-refractivity contribution in [3.63, 3.8) is 0 Å². The summed E-state index contributed by atoms with van der Waals surface area (Å²) in [5.41, 5.74) is 1.84. The highest BCUT2D eigenvalue weighted by Crippen LogP contribution is 2.34. The molecule has 2 N–H and O–H groups in total. The number of benzene rings is 1. The predicted octanol–water partition coefficient (Wildman–Crippen LogP) is 0.0677. The van der Waals surface area contributed by atoms with Crippen LogP contribution in [-0.4, -0.2) is 69.2 Å². The molecule has 2 saturated heterocycles. The zero-order chi connectivity index (χ0) is 23.1. The van der Waals surface area contributed by atoms with Gasteiger partial charge in [-0.05, 0) is 37.9 Å². The Bertz CT molecular complexity index is 1140. The van der Waals surface area contributed by atoms with Crippen molar-refractivity contribution < 1.29 is 19.2 Å². The second-order valence-corrected chi connectivity index (χ2v) is 8.73. The van der Waals surface area contributed by atoms with Crippen molar-refractivity contribution in [2.45, 2.75) is 50.9 Å². The van der Waals surface area contributed by atoms with Gasteiger partial charge >= 0.3 is 0 Å². The summed E-state index contributed by atoms with van der Waals surface area (Å²) in [4.78, 5) is 52.9. The first kappa shape index (κ1) is 21.3. The number of fused-ring (bicyclic) bond motifs is 1. The fourth-order valence-electron chi connectivity index (χ4n) is 4.78. The Morgan fingerprint density at radius 1 is 1.15 bits per heavy atom. The van der Waals surface area contributed by atoms with Crippen molar-refractivity contribution in [1.29, 1.82) is 0 Å². The average Bonchev–Trinajstić information content (AvgIpc) is 3.51. The van der Waals surface area contributed by atoms with E-state index in [1.807, 2.05) is 22.8 Å². The molecule has 2 atom stereocenters. The van der Waals surface area contributed by atoms with Crippen molar-refractivity contribution in [1.82, 2.24) is 30.5 Å². The van der Waals surface area contributed by atoms with Crippen LogP contribution in [-0.2, 0) is 22.7 Å². The van der Waals surface area contributed by atoms with E-state index in [1.165, 1.54) is 0 Å². The summed E-state index contributed by atoms with van der Waals surface area (Å²) in [5, 5.41) is 14.1. The van der Waals surface area contributed by atoms with E-state index in [0.29, 0.717) is 18.3 Å². The molecule has 1 aromatic carbocycles. The lowest BCUT2D eigenvalue weighted by atomic mass is 10.0. The Morgan fingerprint density at radius 2 is 2.00 bits per heavy atom. The smallest absolute Gasteiger partial charge is 0.264 e. The SMILES string of the molecule is CN(Cc1cn(C[C@@H]2CCCN2)nn1)c1cccc2c1C(=O)N(C1CCC(=O)NC1=O)C2=O. The molecule has 3 aliphatic rings. The Morgan fingerprint density at radius 3 is 2.76 bits per heavy atom. The normalized spacial score (nSPS) is 22.6. The van der Waals surface area contributed by atoms with Gasteiger partial charge < -0.3 is 10.2 Å². The first-order valence-electron chi connectivity index (χ1n) is 11.1. The number of hydrogen-bond acceptors (Lipinski definition) is 8. The molecule has 0 saturated carbocycles. The molecular formula is C22H25N7O4. The number of carbonyl (C=O) groups is 4. The summed E-state index contributed by atoms with van der Waals surface area (Å²) < 4.78 is 1.82. The second-order valence-electron chi connectivity index (χ2n) is 8.73.